The van der Waals surface area contributed by atoms with Crippen LogP contribution in [0.1, 0.15) is 0 Å². The minimum atomic E-state index is -7.29. The maximum Gasteiger partial charge on any atom is 0.471 e. The van der Waals surface area contributed by atoms with Crippen LogP contribution in [0.5, 0.6) is 0 Å². The molecule has 0 aliphatic rings. The summed E-state index contributed by atoms with van der Waals surface area (Å²) < 4.78 is 158. The third-order valence-corrected chi connectivity index (χ3v) is 1.66. The number of ether oxygens (including phenoxy) is 1. The largest absolute Gasteiger partial charge is 0.471 e. The van der Waals surface area contributed by atoms with Gasteiger partial charge in [-0.3, -0.25) is 0 Å². The molecule has 0 amide bonds. The van der Waals surface area contributed by atoms with E-state index in [2.05, 4.69) is 0 Å². The highest BCUT2D eigenvalue weighted by Gasteiger charge is 2.77. The fourth-order valence-corrected chi connectivity index (χ4v) is 0.709. The van der Waals surface area contributed by atoms with Crippen LogP contribution >= 0.6 is 0 Å². The molecule has 0 aliphatic heterocycles. The van der Waals surface area contributed by atoms with Crippen molar-refractivity contribution in [3.8, 4) is 0 Å². The number of allylic oxidation sites excluding steroid dienone is 1. The van der Waals surface area contributed by atoms with Crippen molar-refractivity contribution in [2.24, 2.45) is 0 Å². The Morgan fingerprint density at radius 2 is 1.05 bits per heavy atom. The molecule has 0 aliphatic carbocycles. The molecule has 1 nitrogen and oxygen atoms in total. The van der Waals surface area contributed by atoms with Gasteiger partial charge in [0, 0.05) is 0 Å². The Morgan fingerprint density at radius 3 is 1.29 bits per heavy atom. The zero-order valence-corrected chi connectivity index (χ0v) is 8.82. The number of halogens is 13. The molecule has 21 heavy (non-hydrogen) atoms. The predicted molar refractivity (Wildman–Crippen MR) is 36.7 cm³/mol. The Balaban J connectivity index is 5.89. The van der Waals surface area contributed by atoms with Gasteiger partial charge in [-0.1, -0.05) is 0 Å². The van der Waals surface area contributed by atoms with Crippen LogP contribution < -0.4 is 0 Å². The van der Waals surface area contributed by atoms with E-state index in [0.29, 0.717) is 0 Å². The van der Waals surface area contributed by atoms with Gasteiger partial charge in [-0.05, 0) is 0 Å². The normalized spacial score (nSPS) is 14.4. The van der Waals surface area contributed by atoms with Gasteiger partial charge in [0.05, 0.1) is 0 Å². The molecule has 0 aromatic rings. The van der Waals surface area contributed by atoms with Crippen molar-refractivity contribution in [1.29, 1.82) is 0 Å². The van der Waals surface area contributed by atoms with E-state index in [1.165, 1.54) is 0 Å². The number of alkyl halides is 9. The van der Waals surface area contributed by atoms with Gasteiger partial charge in [0.25, 0.3) is 0 Å². The molecule has 0 saturated carbocycles. The monoisotopic (exact) mass is 347 g/mol. The van der Waals surface area contributed by atoms with E-state index < -0.39 is 42.4 Å². The van der Waals surface area contributed by atoms with E-state index in [9.17, 15) is 57.1 Å². The highest BCUT2D eigenvalue weighted by molar-refractivity contribution is 5.15. The molecule has 0 N–H and O–H groups in total. The minimum absolute atomic E-state index is 1.99. The lowest BCUT2D eigenvalue weighted by molar-refractivity contribution is -0.361. The van der Waals surface area contributed by atoms with Gasteiger partial charge in [-0.15, -0.1) is 0 Å². The Bertz CT molecular complexity index is 401. The molecule has 0 bridgehead atoms. The first-order valence-electron chi connectivity index (χ1n) is 4.12. The fraction of sp³-hybridized carbons (Fsp3) is 0.571. The molecule has 0 heterocycles. The molecule has 0 saturated heterocycles. The SMILES string of the molecule is F[C](F)C(F)(F)OC(=C(F)F)C(F)(F)C(F)(F)C(F)(F)F. The molecule has 0 aromatic heterocycles. The summed E-state index contributed by atoms with van der Waals surface area (Å²) in [6.45, 7) is 0. The van der Waals surface area contributed by atoms with Crippen LogP contribution in [0.25, 0.3) is 0 Å². The molecular weight excluding hydrogens is 347 g/mol. The van der Waals surface area contributed by atoms with E-state index >= 15 is 0 Å². The summed E-state index contributed by atoms with van der Waals surface area (Å²) in [5, 5.41) is 0. The van der Waals surface area contributed by atoms with Crippen LogP contribution in [-0.2, 0) is 4.74 Å². The van der Waals surface area contributed by atoms with Gasteiger partial charge >= 0.3 is 36.6 Å². The Kier molecular flexibility index (Phi) is 5.08. The lowest BCUT2D eigenvalue weighted by atomic mass is 10.1. The van der Waals surface area contributed by atoms with Gasteiger partial charge in [0.1, 0.15) is 0 Å². The molecule has 14 heteroatoms. The first-order chi connectivity index (χ1) is 8.98. The van der Waals surface area contributed by atoms with Crippen LogP contribution in [0.15, 0.2) is 11.8 Å². The first-order valence-corrected chi connectivity index (χ1v) is 4.12. The van der Waals surface area contributed by atoms with Gasteiger partial charge in [0.15, 0.2) is 0 Å². The summed E-state index contributed by atoms with van der Waals surface area (Å²) in [4.78, 5) is 0. The van der Waals surface area contributed by atoms with Gasteiger partial charge in [-0.2, -0.15) is 57.1 Å². The zero-order valence-electron chi connectivity index (χ0n) is 8.82. The van der Waals surface area contributed by atoms with Crippen molar-refractivity contribution in [3.05, 3.63) is 18.3 Å². The van der Waals surface area contributed by atoms with Crippen molar-refractivity contribution in [2.75, 3.05) is 0 Å². The predicted octanol–water partition coefficient (Wildman–Crippen LogP) is 4.97. The van der Waals surface area contributed by atoms with Crippen LogP contribution in [0.2, 0.25) is 0 Å². The number of hydrogen-bond acceptors (Lipinski definition) is 1. The molecule has 0 atom stereocenters. The van der Waals surface area contributed by atoms with Gasteiger partial charge < -0.3 is 4.74 Å². The summed E-state index contributed by atoms with van der Waals surface area (Å²) in [6, 6.07) is 0. The second-order valence-electron chi connectivity index (χ2n) is 3.12. The molecule has 0 unspecified atom stereocenters. The van der Waals surface area contributed by atoms with Crippen LogP contribution in [0.4, 0.5) is 57.1 Å². The summed E-state index contributed by atoms with van der Waals surface area (Å²) in [5.74, 6) is -18.6. The standard InChI is InChI=1S/C7F13O/c8-2(9)1(21-5(14,15)3(10)11)4(12,13)6(16,17)7(18,19)20. The molecule has 1 radical (unpaired) electrons. The third-order valence-electron chi connectivity index (χ3n) is 1.66. The molecule has 0 fully saturated rings. The minimum Gasteiger partial charge on any atom is -0.420 e. The topological polar surface area (TPSA) is 9.23 Å². The summed E-state index contributed by atoms with van der Waals surface area (Å²) in [5.41, 5.74) is 0. The summed E-state index contributed by atoms with van der Waals surface area (Å²) >= 11 is 0. The van der Waals surface area contributed by atoms with Gasteiger partial charge in [0.2, 0.25) is 5.76 Å². The molecule has 0 spiro atoms. The van der Waals surface area contributed by atoms with Crippen molar-refractivity contribution in [3.63, 3.8) is 0 Å². The average molecular weight is 347 g/mol. The van der Waals surface area contributed by atoms with Crippen molar-refractivity contribution >= 4 is 0 Å². The lowest BCUT2D eigenvalue weighted by Crippen LogP contribution is -2.54. The summed E-state index contributed by atoms with van der Waals surface area (Å²) in [6.07, 6.45) is -21.9. The molecule has 0 aromatic carbocycles. The molecule has 125 valence electrons. The Labute approximate surface area is 106 Å². The van der Waals surface area contributed by atoms with Crippen molar-refractivity contribution in [1.82, 2.24) is 0 Å². The second kappa shape index (κ2) is 5.44. The van der Waals surface area contributed by atoms with Crippen molar-refractivity contribution < 1.29 is 61.8 Å². The maximum atomic E-state index is 12.7. The lowest BCUT2D eigenvalue weighted by Gasteiger charge is -2.30. The number of hydrogen-bond donors (Lipinski definition) is 0. The fourth-order valence-electron chi connectivity index (χ4n) is 0.709. The molecular formula is C7F13O. The smallest absolute Gasteiger partial charge is 0.420 e. The van der Waals surface area contributed by atoms with Crippen molar-refractivity contribution in [2.45, 2.75) is 24.1 Å². The van der Waals surface area contributed by atoms with E-state index in [0.717, 1.165) is 0 Å². The zero-order chi connectivity index (χ0) is 17.4. The first kappa shape index (κ1) is 19.6. The average Bonchev–Trinajstić information content (AvgIpc) is 2.23. The van der Waals surface area contributed by atoms with Crippen LogP contribution in [0, 0.1) is 6.43 Å². The van der Waals surface area contributed by atoms with E-state index in [4.69, 9.17) is 0 Å². The van der Waals surface area contributed by atoms with E-state index in [1.807, 2.05) is 4.74 Å². The summed E-state index contributed by atoms with van der Waals surface area (Å²) in [7, 11) is 0. The van der Waals surface area contributed by atoms with E-state index in [1.54, 1.807) is 0 Å². The number of rotatable bonds is 5. The Hall–Kier alpha value is -1.37. The molecule has 0 rings (SSSR count). The van der Waals surface area contributed by atoms with Crippen LogP contribution in [-0.4, -0.2) is 24.1 Å². The Morgan fingerprint density at radius 1 is 0.667 bits per heavy atom. The second-order valence-corrected chi connectivity index (χ2v) is 3.12. The van der Waals surface area contributed by atoms with Crippen LogP contribution in [0.3, 0.4) is 0 Å². The third kappa shape index (κ3) is 3.64. The van der Waals surface area contributed by atoms with E-state index in [-0.39, 0.29) is 0 Å². The highest BCUT2D eigenvalue weighted by Crippen LogP contribution is 2.52. The maximum absolute atomic E-state index is 12.7. The highest BCUT2D eigenvalue weighted by atomic mass is 19.4. The quantitative estimate of drug-likeness (QED) is 0.504. The van der Waals surface area contributed by atoms with Gasteiger partial charge in [-0.25, -0.2) is 0 Å².